The van der Waals surface area contributed by atoms with Gasteiger partial charge in [0, 0.05) is 31.7 Å². The fraction of sp³-hybridized carbons (Fsp3) is 0.467. The number of carboxylic acid groups (broad SMARTS) is 1. The van der Waals surface area contributed by atoms with Gasteiger partial charge >= 0.3 is 12.0 Å². The smallest absolute Gasteiger partial charge is 0.327 e. The van der Waals surface area contributed by atoms with Gasteiger partial charge in [0.25, 0.3) is 0 Å². The number of carbonyl (C=O) groups is 4. The maximum absolute atomic E-state index is 13.2. The number of amides is 4. The zero-order valence-corrected chi connectivity index (χ0v) is 22.5. The number of nitrogens with zero attached hydrogens (tertiary/aromatic N) is 3. The van der Waals surface area contributed by atoms with Crippen LogP contribution in [0.4, 0.5) is 4.79 Å². The second kappa shape index (κ2) is 12.5. The van der Waals surface area contributed by atoms with Crippen molar-refractivity contribution in [3.63, 3.8) is 0 Å². The summed E-state index contributed by atoms with van der Waals surface area (Å²) in [7, 11) is 0. The Hall–Kier alpha value is -3.92. The summed E-state index contributed by atoms with van der Waals surface area (Å²) in [5, 5.41) is 13.1. The number of nitrogens with one attached hydrogen (secondary N) is 1. The van der Waals surface area contributed by atoms with Crippen LogP contribution >= 0.6 is 0 Å². The highest BCUT2D eigenvalue weighted by Gasteiger charge is 2.56. The first-order chi connectivity index (χ1) is 19.4. The number of aliphatic carboxylic acids is 1. The number of urea groups is 1. The summed E-state index contributed by atoms with van der Waals surface area (Å²) in [5.74, 6) is -1.33. The summed E-state index contributed by atoms with van der Waals surface area (Å²) in [5.41, 5.74) is 1.82. The quantitative estimate of drug-likeness (QED) is 0.486. The number of para-hydroxylation sites is 1. The number of ether oxygens (including phenoxy) is 1. The Morgan fingerprint density at radius 2 is 1.55 bits per heavy atom. The Kier molecular flexibility index (Phi) is 8.64. The van der Waals surface area contributed by atoms with Gasteiger partial charge in [-0.05, 0) is 49.9 Å². The highest BCUT2D eigenvalue weighted by molar-refractivity contribution is 6.07. The van der Waals surface area contributed by atoms with E-state index >= 15 is 0 Å². The molecule has 3 aliphatic heterocycles. The predicted molar refractivity (Wildman–Crippen MR) is 146 cm³/mol. The number of piperazine rings is 1. The highest BCUT2D eigenvalue weighted by Crippen LogP contribution is 2.35. The van der Waals surface area contributed by atoms with Gasteiger partial charge < -0.3 is 25.0 Å². The lowest BCUT2D eigenvalue weighted by atomic mass is 9.78. The number of carboxylic acids is 1. The number of hydrogen-bond donors (Lipinski definition) is 2. The first-order valence-corrected chi connectivity index (χ1v) is 14.0. The third kappa shape index (κ3) is 6.12. The lowest BCUT2D eigenvalue weighted by Gasteiger charge is -2.47. The fourth-order valence-corrected chi connectivity index (χ4v) is 5.85. The minimum Gasteiger partial charge on any atom is -0.489 e. The Balaban J connectivity index is 1.13. The highest BCUT2D eigenvalue weighted by atomic mass is 16.5. The van der Waals surface area contributed by atoms with Crippen LogP contribution in [-0.4, -0.2) is 88.9 Å². The van der Waals surface area contributed by atoms with E-state index in [2.05, 4.69) is 5.32 Å². The van der Waals surface area contributed by atoms with Gasteiger partial charge in [-0.1, -0.05) is 48.5 Å². The molecule has 212 valence electrons. The van der Waals surface area contributed by atoms with E-state index in [1.165, 1.54) is 4.90 Å². The van der Waals surface area contributed by atoms with E-state index in [4.69, 9.17) is 4.74 Å². The average molecular weight is 549 g/mol. The van der Waals surface area contributed by atoms with Gasteiger partial charge in [-0.2, -0.15) is 0 Å². The number of imide groups is 1. The number of likely N-dealkylation sites (tertiary alicyclic amines) is 1. The molecule has 40 heavy (non-hydrogen) atoms. The van der Waals surface area contributed by atoms with E-state index in [-0.39, 0.29) is 31.3 Å². The molecule has 2 N–H and O–H groups in total. The van der Waals surface area contributed by atoms with Crippen molar-refractivity contribution in [3.05, 3.63) is 65.7 Å². The number of β-lactam (4-membered cyclic amide) rings is 1. The Morgan fingerprint density at radius 1 is 0.900 bits per heavy atom. The molecule has 3 heterocycles. The van der Waals surface area contributed by atoms with Crippen molar-refractivity contribution >= 4 is 23.8 Å². The van der Waals surface area contributed by atoms with Gasteiger partial charge in [0.15, 0.2) is 6.04 Å². The van der Waals surface area contributed by atoms with Gasteiger partial charge in [-0.3, -0.25) is 9.59 Å². The summed E-state index contributed by atoms with van der Waals surface area (Å²) in [4.78, 5) is 55.3. The van der Waals surface area contributed by atoms with Crippen molar-refractivity contribution in [1.82, 2.24) is 20.0 Å². The Labute approximate surface area is 233 Å². The molecule has 4 amide bonds. The van der Waals surface area contributed by atoms with E-state index < -0.39 is 29.9 Å². The molecular formula is C30H36N4O6. The number of carbonyl (C=O) groups excluding carboxylic acids is 3. The second-order valence-electron chi connectivity index (χ2n) is 10.7. The number of benzene rings is 2. The van der Waals surface area contributed by atoms with E-state index in [0.717, 1.165) is 42.0 Å². The predicted octanol–water partition coefficient (Wildman–Crippen LogP) is 2.37. The van der Waals surface area contributed by atoms with Crippen molar-refractivity contribution in [2.24, 2.45) is 11.8 Å². The van der Waals surface area contributed by atoms with Crippen LogP contribution in [0, 0.1) is 11.8 Å². The SMILES string of the molecule is O=C(O)[C@@H]1[C@@H](CC2CCNCC2)C(=O)N1C(=O)N1CCN(C(=O)Cc2ccccc2OCc2ccccc2)CC1. The van der Waals surface area contributed by atoms with Gasteiger partial charge in [-0.25, -0.2) is 14.5 Å². The third-order valence-electron chi connectivity index (χ3n) is 8.17. The van der Waals surface area contributed by atoms with E-state index in [1.54, 1.807) is 4.90 Å². The van der Waals surface area contributed by atoms with Gasteiger partial charge in [-0.15, -0.1) is 0 Å². The summed E-state index contributed by atoms with van der Waals surface area (Å²) in [6, 6.07) is 15.6. The molecule has 0 aromatic heterocycles. The fourth-order valence-electron chi connectivity index (χ4n) is 5.85. The first kappa shape index (κ1) is 27.6. The monoisotopic (exact) mass is 548 g/mol. The molecule has 3 fully saturated rings. The van der Waals surface area contributed by atoms with Crippen LogP contribution in [0.3, 0.4) is 0 Å². The standard InChI is InChI=1S/C30H36N4O6/c35-26(19-23-8-4-5-9-25(23)40-20-22-6-2-1-3-7-22)32-14-16-33(17-15-32)30(39)34-27(29(37)38)24(28(34)36)18-21-10-12-31-13-11-21/h1-9,21,24,27,31H,10-20H2,(H,37,38)/t24-,27+/m1/s1. The van der Waals surface area contributed by atoms with Gasteiger partial charge in [0.1, 0.15) is 12.4 Å². The maximum atomic E-state index is 13.2. The van der Waals surface area contributed by atoms with Gasteiger partial charge in [0.2, 0.25) is 11.8 Å². The number of rotatable bonds is 8. The van der Waals surface area contributed by atoms with Crippen molar-refractivity contribution in [1.29, 1.82) is 0 Å². The molecule has 0 unspecified atom stereocenters. The van der Waals surface area contributed by atoms with Crippen LogP contribution in [0.5, 0.6) is 5.75 Å². The molecule has 0 bridgehead atoms. The zero-order valence-electron chi connectivity index (χ0n) is 22.5. The summed E-state index contributed by atoms with van der Waals surface area (Å²) in [6.45, 7) is 3.24. The average Bonchev–Trinajstić information content (AvgIpc) is 2.98. The molecule has 5 rings (SSSR count). The molecule has 10 nitrogen and oxygen atoms in total. The number of piperidine rings is 1. The Morgan fingerprint density at radius 3 is 2.25 bits per heavy atom. The van der Waals surface area contributed by atoms with Crippen LogP contribution in [0.25, 0.3) is 0 Å². The van der Waals surface area contributed by atoms with Crippen molar-refractivity contribution in [2.45, 2.75) is 38.3 Å². The summed E-state index contributed by atoms with van der Waals surface area (Å²) < 4.78 is 5.99. The zero-order chi connectivity index (χ0) is 28.1. The van der Waals surface area contributed by atoms with E-state index in [9.17, 15) is 24.3 Å². The molecule has 2 atom stereocenters. The lowest BCUT2D eigenvalue weighted by Crippen LogP contribution is -2.69. The number of hydrogen-bond acceptors (Lipinski definition) is 6. The van der Waals surface area contributed by atoms with E-state index in [1.807, 2.05) is 54.6 Å². The van der Waals surface area contributed by atoms with Crippen molar-refractivity contribution < 1.29 is 29.0 Å². The second-order valence-corrected chi connectivity index (χ2v) is 10.7. The first-order valence-electron chi connectivity index (χ1n) is 14.0. The van der Waals surface area contributed by atoms with Crippen LogP contribution < -0.4 is 10.1 Å². The largest absolute Gasteiger partial charge is 0.489 e. The molecule has 0 aliphatic carbocycles. The minimum absolute atomic E-state index is 0.0756. The van der Waals surface area contributed by atoms with Crippen molar-refractivity contribution in [3.8, 4) is 5.75 Å². The maximum Gasteiger partial charge on any atom is 0.327 e. The third-order valence-corrected chi connectivity index (χ3v) is 8.17. The topological polar surface area (TPSA) is 119 Å². The summed E-state index contributed by atoms with van der Waals surface area (Å²) >= 11 is 0. The van der Waals surface area contributed by atoms with Crippen LogP contribution in [0.2, 0.25) is 0 Å². The molecule has 2 aromatic rings. The summed E-state index contributed by atoms with van der Waals surface area (Å²) in [6.07, 6.45) is 2.48. The molecule has 10 heteroatoms. The van der Waals surface area contributed by atoms with Crippen LogP contribution in [-0.2, 0) is 27.4 Å². The van der Waals surface area contributed by atoms with E-state index in [0.29, 0.717) is 31.9 Å². The molecule has 0 spiro atoms. The minimum atomic E-state index is -1.14. The lowest BCUT2D eigenvalue weighted by molar-refractivity contribution is -0.167. The molecule has 3 aliphatic rings. The molecule has 0 radical (unpaired) electrons. The molecule has 2 aromatic carbocycles. The van der Waals surface area contributed by atoms with Crippen LogP contribution in [0.15, 0.2) is 54.6 Å². The molecule has 0 saturated carbocycles. The van der Waals surface area contributed by atoms with Crippen LogP contribution in [0.1, 0.15) is 30.4 Å². The normalized spacial score (nSPS) is 21.6. The van der Waals surface area contributed by atoms with Crippen molar-refractivity contribution in [2.75, 3.05) is 39.3 Å². The molecular weight excluding hydrogens is 512 g/mol. The molecule has 3 saturated heterocycles. The Bertz CT molecular complexity index is 1220. The van der Waals surface area contributed by atoms with Gasteiger partial charge in [0.05, 0.1) is 12.3 Å².